The monoisotopic (exact) mass is 460 g/mol. The summed E-state index contributed by atoms with van der Waals surface area (Å²) in [5.41, 5.74) is 1.57. The van der Waals surface area contributed by atoms with Crippen LogP contribution in [0.3, 0.4) is 0 Å². The molecule has 29 heavy (non-hydrogen) atoms. The Morgan fingerprint density at radius 1 is 0.897 bits per heavy atom. The fourth-order valence-electron chi connectivity index (χ4n) is 2.76. The summed E-state index contributed by atoms with van der Waals surface area (Å²) in [7, 11) is -0.200. The zero-order chi connectivity index (χ0) is 21.3. The molecule has 0 fully saturated rings. The molecule has 0 aliphatic carbocycles. The highest BCUT2D eigenvalue weighted by atomic mass is 35.5. The molecule has 0 amide bonds. The van der Waals surface area contributed by atoms with Gasteiger partial charge >= 0.3 is 0 Å². The van der Waals surface area contributed by atoms with Gasteiger partial charge in [0, 0.05) is 0 Å². The second-order valence-corrected chi connectivity index (χ2v) is 9.10. The molecule has 6 nitrogen and oxygen atoms in total. The van der Waals surface area contributed by atoms with Crippen LogP contribution in [0.5, 0.6) is 11.5 Å². The van der Waals surface area contributed by atoms with Crippen molar-refractivity contribution in [2.75, 3.05) is 37.8 Å². The zero-order valence-corrected chi connectivity index (χ0v) is 18.8. The molecule has 2 aromatic rings. The Morgan fingerprint density at radius 3 is 2.31 bits per heavy atom. The zero-order valence-electron chi connectivity index (χ0n) is 16.5. The fourth-order valence-corrected chi connectivity index (χ4v) is 4.17. The van der Waals surface area contributed by atoms with Crippen LogP contribution in [-0.4, -0.2) is 41.5 Å². The number of methoxy groups -OCH3 is 2. The molecule has 0 saturated carbocycles. The van der Waals surface area contributed by atoms with Crippen LogP contribution >= 0.6 is 23.2 Å². The molecule has 0 aliphatic rings. The summed E-state index contributed by atoms with van der Waals surface area (Å²) in [6, 6.07) is 10.5. The van der Waals surface area contributed by atoms with E-state index in [4.69, 9.17) is 32.7 Å². The van der Waals surface area contributed by atoms with Gasteiger partial charge in [-0.05, 0) is 68.2 Å². The van der Waals surface area contributed by atoms with E-state index in [9.17, 15) is 8.42 Å². The number of halogens is 2. The summed E-state index contributed by atoms with van der Waals surface area (Å²) in [6.07, 6.45) is 2.33. The molecule has 0 heterocycles. The van der Waals surface area contributed by atoms with E-state index in [2.05, 4.69) is 10.0 Å². The van der Waals surface area contributed by atoms with E-state index in [1.807, 2.05) is 18.2 Å². The van der Waals surface area contributed by atoms with Crippen LogP contribution in [-0.2, 0) is 16.4 Å². The topological polar surface area (TPSA) is 76.7 Å². The Morgan fingerprint density at radius 2 is 1.62 bits per heavy atom. The molecule has 0 radical (unpaired) electrons. The SMILES string of the molecule is COc1ccc(CCCNCCCS(=O)(=O)Nc2ccc(Cl)c(Cl)c2)cc1OC. The highest BCUT2D eigenvalue weighted by molar-refractivity contribution is 7.92. The lowest BCUT2D eigenvalue weighted by molar-refractivity contribution is 0.354. The minimum absolute atomic E-state index is 0.0237. The van der Waals surface area contributed by atoms with Gasteiger partial charge in [0.05, 0.1) is 35.7 Å². The van der Waals surface area contributed by atoms with Crippen molar-refractivity contribution in [3.8, 4) is 11.5 Å². The van der Waals surface area contributed by atoms with Gasteiger partial charge in [0.2, 0.25) is 10.0 Å². The maximum Gasteiger partial charge on any atom is 0.232 e. The standard InChI is InChI=1S/C20H26Cl2N2O4S/c1-27-19-9-6-15(13-20(19)28-2)5-3-10-23-11-4-12-29(25,26)24-16-7-8-17(21)18(22)14-16/h6-9,13-14,23-24H,3-5,10-12H2,1-2H3. The van der Waals surface area contributed by atoms with E-state index in [0.29, 0.717) is 34.4 Å². The highest BCUT2D eigenvalue weighted by Gasteiger charge is 2.11. The van der Waals surface area contributed by atoms with Crippen LogP contribution in [0.25, 0.3) is 0 Å². The lowest BCUT2D eigenvalue weighted by Crippen LogP contribution is -2.23. The van der Waals surface area contributed by atoms with Gasteiger partial charge in [-0.3, -0.25) is 4.72 Å². The number of rotatable bonds is 12. The van der Waals surface area contributed by atoms with Gasteiger partial charge in [0.15, 0.2) is 11.5 Å². The third kappa shape index (κ3) is 7.93. The first-order valence-corrected chi connectivity index (χ1v) is 11.6. The Labute approximate surface area is 182 Å². The van der Waals surface area contributed by atoms with Gasteiger partial charge in [-0.2, -0.15) is 0 Å². The molecule has 0 saturated heterocycles. The van der Waals surface area contributed by atoms with E-state index in [1.165, 1.54) is 6.07 Å². The summed E-state index contributed by atoms with van der Waals surface area (Å²) < 4.78 is 37.3. The van der Waals surface area contributed by atoms with Gasteiger partial charge in [0.25, 0.3) is 0 Å². The van der Waals surface area contributed by atoms with Crippen LogP contribution in [0.2, 0.25) is 10.0 Å². The predicted octanol–water partition coefficient (Wildman–Crippen LogP) is 4.36. The molecule has 160 valence electrons. The van der Waals surface area contributed by atoms with Crippen molar-refractivity contribution in [2.45, 2.75) is 19.3 Å². The van der Waals surface area contributed by atoms with E-state index >= 15 is 0 Å². The van der Waals surface area contributed by atoms with Gasteiger partial charge in [-0.1, -0.05) is 29.3 Å². The number of benzene rings is 2. The smallest absolute Gasteiger partial charge is 0.232 e. The largest absolute Gasteiger partial charge is 0.493 e. The summed E-state index contributed by atoms with van der Waals surface area (Å²) in [6.45, 7) is 1.42. The number of hydrogen-bond acceptors (Lipinski definition) is 5. The van der Waals surface area contributed by atoms with E-state index in [-0.39, 0.29) is 5.75 Å². The molecule has 0 spiro atoms. The van der Waals surface area contributed by atoms with E-state index in [0.717, 1.165) is 30.7 Å². The summed E-state index contributed by atoms with van der Waals surface area (Å²) >= 11 is 11.7. The Kier molecular flexibility index (Phi) is 9.36. The second kappa shape index (κ2) is 11.5. The minimum Gasteiger partial charge on any atom is -0.493 e. The van der Waals surface area contributed by atoms with E-state index in [1.54, 1.807) is 26.4 Å². The predicted molar refractivity (Wildman–Crippen MR) is 119 cm³/mol. The average Bonchev–Trinajstić information content (AvgIpc) is 2.69. The van der Waals surface area contributed by atoms with Crippen LogP contribution < -0.4 is 19.5 Å². The normalized spacial score (nSPS) is 11.3. The van der Waals surface area contributed by atoms with Crippen molar-refractivity contribution < 1.29 is 17.9 Å². The maximum absolute atomic E-state index is 12.1. The van der Waals surface area contributed by atoms with Crippen molar-refractivity contribution in [1.29, 1.82) is 0 Å². The van der Waals surface area contributed by atoms with Gasteiger partial charge in [0.1, 0.15) is 0 Å². The molecular formula is C20H26Cl2N2O4S. The van der Waals surface area contributed by atoms with Crippen LogP contribution in [0.4, 0.5) is 5.69 Å². The van der Waals surface area contributed by atoms with Crippen molar-refractivity contribution in [3.63, 3.8) is 0 Å². The van der Waals surface area contributed by atoms with E-state index < -0.39 is 10.0 Å². The molecule has 0 aromatic heterocycles. The number of nitrogens with one attached hydrogen (secondary N) is 2. The maximum atomic E-state index is 12.1. The second-order valence-electron chi connectivity index (χ2n) is 6.45. The molecule has 2 rings (SSSR count). The molecular weight excluding hydrogens is 435 g/mol. The molecule has 0 aliphatic heterocycles. The third-order valence-corrected chi connectivity index (χ3v) is 6.34. The molecule has 0 bridgehead atoms. The Hall–Kier alpha value is -1.67. The highest BCUT2D eigenvalue weighted by Crippen LogP contribution is 2.28. The molecule has 0 atom stereocenters. The number of ether oxygens (including phenoxy) is 2. The number of sulfonamides is 1. The van der Waals surface area contributed by atoms with Gasteiger partial charge in [-0.25, -0.2) is 8.42 Å². The quantitative estimate of drug-likeness (QED) is 0.460. The number of aryl methyl sites for hydroxylation is 1. The molecule has 2 N–H and O–H groups in total. The molecule has 2 aromatic carbocycles. The average molecular weight is 461 g/mol. The lowest BCUT2D eigenvalue weighted by atomic mass is 10.1. The minimum atomic E-state index is -3.43. The Balaban J connectivity index is 1.65. The van der Waals surface area contributed by atoms with Crippen LogP contribution in [0.15, 0.2) is 36.4 Å². The fraction of sp³-hybridized carbons (Fsp3) is 0.400. The lowest BCUT2D eigenvalue weighted by Gasteiger charge is -2.10. The van der Waals surface area contributed by atoms with Gasteiger partial charge in [-0.15, -0.1) is 0 Å². The first-order chi connectivity index (χ1) is 13.8. The summed E-state index contributed by atoms with van der Waals surface area (Å²) in [5.74, 6) is 1.46. The van der Waals surface area contributed by atoms with Crippen LogP contribution in [0.1, 0.15) is 18.4 Å². The molecule has 0 unspecified atom stereocenters. The summed E-state index contributed by atoms with van der Waals surface area (Å²) in [5, 5.41) is 3.96. The van der Waals surface area contributed by atoms with Crippen molar-refractivity contribution in [2.24, 2.45) is 0 Å². The molecule has 9 heteroatoms. The first kappa shape index (κ1) is 23.6. The number of anilines is 1. The first-order valence-electron chi connectivity index (χ1n) is 9.22. The van der Waals surface area contributed by atoms with Crippen molar-refractivity contribution in [1.82, 2.24) is 5.32 Å². The van der Waals surface area contributed by atoms with Gasteiger partial charge < -0.3 is 14.8 Å². The van der Waals surface area contributed by atoms with Crippen LogP contribution in [0, 0.1) is 0 Å². The van der Waals surface area contributed by atoms with Crippen molar-refractivity contribution in [3.05, 3.63) is 52.0 Å². The van der Waals surface area contributed by atoms with Crippen molar-refractivity contribution >= 4 is 38.9 Å². The number of hydrogen-bond donors (Lipinski definition) is 2. The third-order valence-electron chi connectivity index (χ3n) is 4.23. The Bertz CT molecular complexity index is 907. The summed E-state index contributed by atoms with van der Waals surface area (Å²) in [4.78, 5) is 0.